The molecular formula is C23H14N2S. The topological polar surface area (TPSA) is 27.0 Å². The molecule has 26 heavy (non-hydrogen) atoms. The molecule has 1 aliphatic rings. The van der Waals surface area contributed by atoms with Crippen molar-refractivity contribution in [3.05, 3.63) is 90.5 Å². The molecular weight excluding hydrogens is 336 g/mol. The van der Waals surface area contributed by atoms with Gasteiger partial charge in [0.15, 0.2) is 0 Å². The fourth-order valence-corrected chi connectivity index (χ4v) is 4.62. The van der Waals surface area contributed by atoms with E-state index in [-0.39, 0.29) is 0 Å². The van der Waals surface area contributed by atoms with E-state index in [1.54, 1.807) is 11.8 Å². The summed E-state index contributed by atoms with van der Waals surface area (Å²) in [4.78, 5) is 4.72. The number of anilines is 3. The van der Waals surface area contributed by atoms with Crippen molar-refractivity contribution in [2.75, 3.05) is 4.90 Å². The monoisotopic (exact) mass is 350 g/mol. The summed E-state index contributed by atoms with van der Waals surface area (Å²) in [6.07, 6.45) is 0. The second-order valence-corrected chi connectivity index (χ2v) is 7.25. The first-order chi connectivity index (χ1) is 12.9. The molecule has 0 spiro atoms. The number of nitriles is 1. The quantitative estimate of drug-likeness (QED) is 0.339. The summed E-state index contributed by atoms with van der Waals surface area (Å²) in [5, 5.41) is 11.7. The lowest BCUT2D eigenvalue weighted by Gasteiger charge is -2.33. The Hall–Kier alpha value is -3.22. The van der Waals surface area contributed by atoms with Crippen LogP contribution in [0.5, 0.6) is 0 Å². The maximum Gasteiger partial charge on any atom is 0.0998 e. The fourth-order valence-electron chi connectivity index (χ4n) is 3.56. The normalized spacial score (nSPS) is 12.3. The lowest BCUT2D eigenvalue weighted by Crippen LogP contribution is -2.15. The lowest BCUT2D eigenvalue weighted by atomic mass is 10.0. The van der Waals surface area contributed by atoms with E-state index in [9.17, 15) is 5.26 Å². The van der Waals surface area contributed by atoms with Gasteiger partial charge in [0.2, 0.25) is 0 Å². The zero-order valence-corrected chi connectivity index (χ0v) is 14.7. The molecule has 0 bridgehead atoms. The summed E-state index contributed by atoms with van der Waals surface area (Å²) < 4.78 is 0. The molecule has 0 saturated heterocycles. The summed E-state index contributed by atoms with van der Waals surface area (Å²) in [7, 11) is 0. The number of benzene rings is 4. The molecule has 0 amide bonds. The fraction of sp³-hybridized carbons (Fsp3) is 0. The molecule has 1 heterocycles. The van der Waals surface area contributed by atoms with Crippen LogP contribution in [0.3, 0.4) is 0 Å². The van der Waals surface area contributed by atoms with Crippen molar-refractivity contribution in [2.24, 2.45) is 0 Å². The number of rotatable bonds is 1. The van der Waals surface area contributed by atoms with Gasteiger partial charge in [-0.1, -0.05) is 60.3 Å². The highest BCUT2D eigenvalue weighted by Gasteiger charge is 2.25. The molecule has 0 aliphatic carbocycles. The average Bonchev–Trinajstić information content (AvgIpc) is 2.71. The SMILES string of the molecule is N#Cc1cccc2cccc(N3c4ccccc4Sc4ccccc43)c12. The molecule has 4 aromatic rings. The highest BCUT2D eigenvalue weighted by Crippen LogP contribution is 2.52. The van der Waals surface area contributed by atoms with E-state index < -0.39 is 0 Å². The Labute approximate surface area is 156 Å². The number of fused-ring (bicyclic) bond motifs is 3. The number of nitrogens with zero attached hydrogens (tertiary/aromatic N) is 2. The Bertz CT molecular complexity index is 1140. The van der Waals surface area contributed by atoms with E-state index in [2.05, 4.69) is 83.8 Å². The van der Waals surface area contributed by atoms with Gasteiger partial charge >= 0.3 is 0 Å². The van der Waals surface area contributed by atoms with Crippen LogP contribution in [-0.2, 0) is 0 Å². The van der Waals surface area contributed by atoms with Crippen LogP contribution in [0.2, 0.25) is 0 Å². The number of hydrogen-bond acceptors (Lipinski definition) is 3. The van der Waals surface area contributed by atoms with Crippen LogP contribution in [-0.4, -0.2) is 0 Å². The molecule has 0 fully saturated rings. The van der Waals surface area contributed by atoms with Gasteiger partial charge in [-0.05, 0) is 41.8 Å². The van der Waals surface area contributed by atoms with Crippen molar-refractivity contribution in [1.29, 1.82) is 5.26 Å². The smallest absolute Gasteiger partial charge is 0.0998 e. The van der Waals surface area contributed by atoms with E-state index in [1.165, 1.54) is 9.79 Å². The number of hydrogen-bond donors (Lipinski definition) is 0. The summed E-state index contributed by atoms with van der Waals surface area (Å²) in [5.74, 6) is 0. The van der Waals surface area contributed by atoms with Crippen molar-refractivity contribution < 1.29 is 0 Å². The Morgan fingerprint density at radius 3 is 1.88 bits per heavy atom. The second-order valence-electron chi connectivity index (χ2n) is 6.17. The van der Waals surface area contributed by atoms with Crippen LogP contribution >= 0.6 is 11.8 Å². The zero-order valence-electron chi connectivity index (χ0n) is 13.9. The van der Waals surface area contributed by atoms with Crippen molar-refractivity contribution in [2.45, 2.75) is 9.79 Å². The molecule has 0 saturated carbocycles. The summed E-state index contributed by atoms with van der Waals surface area (Å²) in [6, 6.07) is 31.4. The minimum absolute atomic E-state index is 0.700. The lowest BCUT2D eigenvalue weighted by molar-refractivity contribution is 1.17. The van der Waals surface area contributed by atoms with Crippen LogP contribution in [0.1, 0.15) is 5.56 Å². The largest absolute Gasteiger partial charge is 0.308 e. The second kappa shape index (κ2) is 5.94. The molecule has 122 valence electrons. The van der Waals surface area contributed by atoms with E-state index in [0.717, 1.165) is 27.8 Å². The highest BCUT2D eigenvalue weighted by atomic mass is 32.2. The molecule has 4 aromatic carbocycles. The van der Waals surface area contributed by atoms with Crippen molar-refractivity contribution in [1.82, 2.24) is 0 Å². The Balaban J connectivity index is 1.88. The van der Waals surface area contributed by atoms with Crippen LogP contribution in [0.4, 0.5) is 17.1 Å². The Morgan fingerprint density at radius 2 is 1.23 bits per heavy atom. The first kappa shape index (κ1) is 15.1. The van der Waals surface area contributed by atoms with Gasteiger partial charge in [0.25, 0.3) is 0 Å². The molecule has 0 atom stereocenters. The Morgan fingerprint density at radius 1 is 0.654 bits per heavy atom. The predicted molar refractivity (Wildman–Crippen MR) is 107 cm³/mol. The third kappa shape index (κ3) is 2.20. The molecule has 0 unspecified atom stereocenters. The summed E-state index contributed by atoms with van der Waals surface area (Å²) >= 11 is 1.79. The minimum Gasteiger partial charge on any atom is -0.308 e. The molecule has 0 radical (unpaired) electrons. The van der Waals surface area contributed by atoms with Gasteiger partial charge in [-0.25, -0.2) is 0 Å². The average molecular weight is 350 g/mol. The maximum atomic E-state index is 9.68. The van der Waals surface area contributed by atoms with Gasteiger partial charge < -0.3 is 4.90 Å². The molecule has 3 heteroatoms. The first-order valence-electron chi connectivity index (χ1n) is 8.45. The Kier molecular flexibility index (Phi) is 3.44. The van der Waals surface area contributed by atoms with Crippen LogP contribution in [0.25, 0.3) is 10.8 Å². The van der Waals surface area contributed by atoms with Gasteiger partial charge in [0.1, 0.15) is 0 Å². The molecule has 1 aliphatic heterocycles. The summed E-state index contributed by atoms with van der Waals surface area (Å²) in [5.41, 5.74) is 4.04. The molecule has 0 N–H and O–H groups in total. The molecule has 0 aromatic heterocycles. The zero-order chi connectivity index (χ0) is 17.5. The van der Waals surface area contributed by atoms with E-state index in [1.807, 2.05) is 12.1 Å². The molecule has 5 rings (SSSR count). The minimum atomic E-state index is 0.700. The third-order valence-corrected chi connectivity index (χ3v) is 5.81. The van der Waals surface area contributed by atoms with Crippen LogP contribution < -0.4 is 4.90 Å². The van der Waals surface area contributed by atoms with Gasteiger partial charge in [0.05, 0.1) is 28.7 Å². The summed E-state index contributed by atoms with van der Waals surface area (Å²) in [6.45, 7) is 0. The van der Waals surface area contributed by atoms with Crippen molar-refractivity contribution in [3.8, 4) is 6.07 Å². The standard InChI is InChI=1S/C23H14N2S/c24-15-17-9-5-7-16-8-6-12-20(23(16)17)25-18-10-1-3-13-21(18)26-22-14-4-2-11-19(22)25/h1-14H. The van der Waals surface area contributed by atoms with E-state index >= 15 is 0 Å². The van der Waals surface area contributed by atoms with Gasteiger partial charge in [-0.3, -0.25) is 0 Å². The third-order valence-electron chi connectivity index (χ3n) is 4.68. The van der Waals surface area contributed by atoms with Gasteiger partial charge in [-0.2, -0.15) is 5.26 Å². The molecule has 2 nitrogen and oxygen atoms in total. The highest BCUT2D eigenvalue weighted by molar-refractivity contribution is 7.99. The first-order valence-corrected chi connectivity index (χ1v) is 9.26. The van der Waals surface area contributed by atoms with Crippen molar-refractivity contribution >= 4 is 39.6 Å². The van der Waals surface area contributed by atoms with E-state index in [4.69, 9.17) is 0 Å². The predicted octanol–water partition coefficient (Wildman–Crippen LogP) is 6.65. The van der Waals surface area contributed by atoms with Crippen LogP contribution in [0, 0.1) is 11.3 Å². The van der Waals surface area contributed by atoms with Crippen molar-refractivity contribution in [3.63, 3.8) is 0 Å². The van der Waals surface area contributed by atoms with Crippen LogP contribution in [0.15, 0.2) is 94.7 Å². The number of para-hydroxylation sites is 2. The van der Waals surface area contributed by atoms with Gasteiger partial charge in [0, 0.05) is 15.2 Å². The maximum absolute atomic E-state index is 9.68. The van der Waals surface area contributed by atoms with E-state index in [0.29, 0.717) is 5.56 Å². The van der Waals surface area contributed by atoms with Gasteiger partial charge in [-0.15, -0.1) is 0 Å².